The number of aromatic nitrogens is 2. The van der Waals surface area contributed by atoms with Crippen LogP contribution in [0.15, 0.2) is 69.4 Å². The molecule has 0 saturated carbocycles. The van der Waals surface area contributed by atoms with E-state index in [-0.39, 0.29) is 5.56 Å². The average Bonchev–Trinajstić information content (AvgIpc) is 3.21. The molecule has 0 amide bonds. The number of alkyl halides is 3. The second kappa shape index (κ2) is 8.89. The molecular formula is C22H19F3N2OS2. The quantitative estimate of drug-likeness (QED) is 0.371. The molecule has 0 saturated heterocycles. The lowest BCUT2D eigenvalue weighted by molar-refractivity contribution is -0.137. The van der Waals surface area contributed by atoms with E-state index in [1.165, 1.54) is 29.6 Å². The van der Waals surface area contributed by atoms with Crippen LogP contribution in [0.5, 0.6) is 0 Å². The standard InChI is InChI=1S/C22H19F3N2OS2/c23-22(24,25)17-8-4-7-16(13-17)14-30-21-26-18-10-12-29-19(18)20(28)27(21)11-9-15-5-2-1-3-6-15/h1-8,13H,9-12,14H2. The SMILES string of the molecule is O=c1c2c(nc(SCc3cccc(C(F)(F)F)c3)n1CCc1ccccc1)CCS2. The van der Waals surface area contributed by atoms with Gasteiger partial charge in [0.05, 0.1) is 16.2 Å². The molecule has 4 rings (SSSR count). The fourth-order valence-electron chi connectivity index (χ4n) is 3.30. The summed E-state index contributed by atoms with van der Waals surface area (Å²) in [5.41, 5.74) is 1.75. The maximum absolute atomic E-state index is 13.0. The molecule has 2 heterocycles. The van der Waals surface area contributed by atoms with Crippen LogP contribution in [0.1, 0.15) is 22.4 Å². The molecule has 2 aromatic carbocycles. The molecule has 1 aliphatic rings. The van der Waals surface area contributed by atoms with E-state index in [1.807, 2.05) is 30.3 Å². The van der Waals surface area contributed by atoms with Gasteiger partial charge in [0, 0.05) is 24.5 Å². The van der Waals surface area contributed by atoms with Crippen LogP contribution in [0.4, 0.5) is 13.2 Å². The normalized spacial score (nSPS) is 13.4. The Morgan fingerprint density at radius 2 is 1.83 bits per heavy atom. The molecule has 0 radical (unpaired) electrons. The van der Waals surface area contributed by atoms with E-state index in [0.29, 0.717) is 34.3 Å². The minimum atomic E-state index is -4.37. The Kier molecular flexibility index (Phi) is 6.24. The van der Waals surface area contributed by atoms with Crippen LogP contribution < -0.4 is 5.56 Å². The average molecular weight is 449 g/mol. The van der Waals surface area contributed by atoms with Gasteiger partial charge in [-0.2, -0.15) is 13.2 Å². The Morgan fingerprint density at radius 1 is 1.07 bits per heavy atom. The number of rotatable bonds is 6. The molecule has 0 aliphatic carbocycles. The highest BCUT2D eigenvalue weighted by atomic mass is 32.2. The lowest BCUT2D eigenvalue weighted by atomic mass is 10.1. The van der Waals surface area contributed by atoms with Gasteiger partial charge in [-0.1, -0.05) is 60.3 Å². The van der Waals surface area contributed by atoms with Gasteiger partial charge in [0.2, 0.25) is 0 Å². The highest BCUT2D eigenvalue weighted by Crippen LogP contribution is 2.32. The minimum absolute atomic E-state index is 0.0510. The minimum Gasteiger partial charge on any atom is -0.286 e. The van der Waals surface area contributed by atoms with Crippen molar-refractivity contribution in [2.75, 3.05) is 5.75 Å². The molecule has 0 fully saturated rings. The van der Waals surface area contributed by atoms with Gasteiger partial charge in [0.25, 0.3) is 5.56 Å². The Labute approximate surface area is 180 Å². The van der Waals surface area contributed by atoms with Gasteiger partial charge in [0.15, 0.2) is 5.16 Å². The van der Waals surface area contributed by atoms with Crippen LogP contribution in [-0.2, 0) is 31.3 Å². The second-order valence-corrected chi connectivity index (χ2v) is 9.00. The molecule has 8 heteroatoms. The Hall–Kier alpha value is -2.19. The van der Waals surface area contributed by atoms with Crippen molar-refractivity contribution in [1.82, 2.24) is 9.55 Å². The summed E-state index contributed by atoms with van der Waals surface area (Å²) in [6, 6.07) is 15.2. The highest BCUT2D eigenvalue weighted by Gasteiger charge is 2.30. The van der Waals surface area contributed by atoms with Crippen LogP contribution in [0.25, 0.3) is 0 Å². The van der Waals surface area contributed by atoms with Crippen molar-refractivity contribution < 1.29 is 13.2 Å². The van der Waals surface area contributed by atoms with Crippen LogP contribution in [0.3, 0.4) is 0 Å². The summed E-state index contributed by atoms with van der Waals surface area (Å²) >= 11 is 2.84. The molecule has 0 spiro atoms. The second-order valence-electron chi connectivity index (χ2n) is 6.95. The lowest BCUT2D eigenvalue weighted by Crippen LogP contribution is -2.26. The van der Waals surface area contributed by atoms with Crippen molar-refractivity contribution in [3.05, 3.63) is 87.3 Å². The van der Waals surface area contributed by atoms with Crippen molar-refractivity contribution in [2.45, 2.75) is 41.4 Å². The van der Waals surface area contributed by atoms with Crippen molar-refractivity contribution in [2.24, 2.45) is 0 Å². The molecule has 1 aromatic heterocycles. The maximum atomic E-state index is 13.0. The maximum Gasteiger partial charge on any atom is 0.416 e. The summed E-state index contributed by atoms with van der Waals surface area (Å²) in [5, 5.41) is 0.564. The molecule has 1 aliphatic heterocycles. The zero-order chi connectivity index (χ0) is 21.1. The van der Waals surface area contributed by atoms with Gasteiger partial charge in [-0.25, -0.2) is 4.98 Å². The summed E-state index contributed by atoms with van der Waals surface area (Å²) < 4.78 is 40.6. The molecule has 0 N–H and O–H groups in total. The number of fused-ring (bicyclic) bond motifs is 1. The number of hydrogen-bond donors (Lipinski definition) is 0. The molecule has 0 unspecified atom stereocenters. The molecule has 0 atom stereocenters. The van der Waals surface area contributed by atoms with Crippen LogP contribution in [0, 0.1) is 0 Å². The smallest absolute Gasteiger partial charge is 0.286 e. The van der Waals surface area contributed by atoms with Gasteiger partial charge in [0.1, 0.15) is 0 Å². The number of nitrogens with zero attached hydrogens (tertiary/aromatic N) is 2. The Bertz CT molecular complexity index is 1100. The van der Waals surface area contributed by atoms with Gasteiger partial charge in [-0.3, -0.25) is 9.36 Å². The lowest BCUT2D eigenvalue weighted by Gasteiger charge is -2.14. The molecule has 156 valence electrons. The fourth-order valence-corrected chi connectivity index (χ4v) is 5.33. The molecule has 0 bridgehead atoms. The van der Waals surface area contributed by atoms with Crippen LogP contribution in [0.2, 0.25) is 0 Å². The van der Waals surface area contributed by atoms with E-state index in [4.69, 9.17) is 4.98 Å². The first-order valence-corrected chi connectivity index (χ1v) is 11.5. The van der Waals surface area contributed by atoms with E-state index >= 15 is 0 Å². The fraction of sp³-hybridized carbons (Fsp3) is 0.273. The van der Waals surface area contributed by atoms with Gasteiger partial charge in [-0.05, 0) is 23.6 Å². The van der Waals surface area contributed by atoms with E-state index in [9.17, 15) is 18.0 Å². The number of aryl methyl sites for hydroxylation is 2. The zero-order valence-corrected chi connectivity index (χ0v) is 17.6. The number of halogens is 3. The number of benzene rings is 2. The van der Waals surface area contributed by atoms with E-state index < -0.39 is 11.7 Å². The number of thioether (sulfide) groups is 2. The molecule has 3 aromatic rings. The third-order valence-corrected chi connectivity index (χ3v) is 6.99. The molecule has 30 heavy (non-hydrogen) atoms. The largest absolute Gasteiger partial charge is 0.416 e. The highest BCUT2D eigenvalue weighted by molar-refractivity contribution is 7.99. The first-order valence-electron chi connectivity index (χ1n) is 9.51. The summed E-state index contributed by atoms with van der Waals surface area (Å²) in [4.78, 5) is 18.4. The van der Waals surface area contributed by atoms with E-state index in [0.717, 1.165) is 35.6 Å². The van der Waals surface area contributed by atoms with Crippen LogP contribution >= 0.6 is 23.5 Å². The third-order valence-electron chi connectivity index (χ3n) is 4.84. The van der Waals surface area contributed by atoms with Crippen LogP contribution in [-0.4, -0.2) is 15.3 Å². The molecular weight excluding hydrogens is 429 g/mol. The van der Waals surface area contributed by atoms with Crippen molar-refractivity contribution in [3.8, 4) is 0 Å². The predicted octanol–water partition coefficient (Wildman–Crippen LogP) is 5.45. The third kappa shape index (κ3) is 4.75. The van der Waals surface area contributed by atoms with E-state index in [1.54, 1.807) is 10.6 Å². The van der Waals surface area contributed by atoms with Crippen molar-refractivity contribution >= 4 is 23.5 Å². The summed E-state index contributed by atoms with van der Waals surface area (Å²) in [6.45, 7) is 0.481. The van der Waals surface area contributed by atoms with Gasteiger partial charge < -0.3 is 0 Å². The predicted molar refractivity (Wildman–Crippen MR) is 114 cm³/mol. The summed E-state index contributed by atoms with van der Waals surface area (Å²) in [6.07, 6.45) is -2.95. The van der Waals surface area contributed by atoms with Gasteiger partial charge >= 0.3 is 6.18 Å². The Balaban J connectivity index is 1.59. The first kappa shape index (κ1) is 21.1. The molecule has 3 nitrogen and oxygen atoms in total. The van der Waals surface area contributed by atoms with Crippen molar-refractivity contribution in [3.63, 3.8) is 0 Å². The monoisotopic (exact) mass is 448 g/mol. The Morgan fingerprint density at radius 3 is 2.60 bits per heavy atom. The zero-order valence-electron chi connectivity index (χ0n) is 16.0. The first-order chi connectivity index (χ1) is 14.4. The summed E-state index contributed by atoms with van der Waals surface area (Å²) in [7, 11) is 0. The van der Waals surface area contributed by atoms with Gasteiger partial charge in [-0.15, -0.1) is 11.8 Å². The van der Waals surface area contributed by atoms with E-state index in [2.05, 4.69) is 0 Å². The summed E-state index contributed by atoms with van der Waals surface area (Å²) in [5.74, 6) is 1.14. The van der Waals surface area contributed by atoms with Crippen molar-refractivity contribution in [1.29, 1.82) is 0 Å². The number of hydrogen-bond acceptors (Lipinski definition) is 4. The topological polar surface area (TPSA) is 34.9 Å².